The first-order valence-corrected chi connectivity index (χ1v) is 6.17. The molecule has 0 aliphatic rings. The van der Waals surface area contributed by atoms with Crippen LogP contribution in [0.3, 0.4) is 0 Å². The van der Waals surface area contributed by atoms with Gasteiger partial charge in [0.25, 0.3) is 0 Å². The summed E-state index contributed by atoms with van der Waals surface area (Å²) in [5.41, 5.74) is 5.66. The first-order chi connectivity index (χ1) is 8.72. The van der Waals surface area contributed by atoms with Gasteiger partial charge in [-0.2, -0.15) is 0 Å². The molecule has 0 amide bonds. The lowest BCUT2D eigenvalue weighted by atomic mass is 10.3. The minimum Gasteiger partial charge on any atom is -0.490 e. The number of hydrogen-bond donors (Lipinski definition) is 1. The molecule has 0 bridgehead atoms. The number of ether oxygens (including phenoxy) is 2. The lowest BCUT2D eigenvalue weighted by Gasteiger charge is -2.11. The summed E-state index contributed by atoms with van der Waals surface area (Å²) in [6, 6.07) is 7.37. The van der Waals surface area contributed by atoms with Gasteiger partial charge in [-0.05, 0) is 35.0 Å². The van der Waals surface area contributed by atoms with Crippen molar-refractivity contribution in [1.29, 1.82) is 0 Å². The first kappa shape index (κ1) is 12.6. The van der Waals surface area contributed by atoms with Gasteiger partial charge in [-0.25, -0.2) is 9.97 Å². The largest absolute Gasteiger partial charge is 0.490 e. The highest BCUT2D eigenvalue weighted by molar-refractivity contribution is 9.10. The third-order valence-corrected chi connectivity index (χ3v) is 2.89. The zero-order chi connectivity index (χ0) is 13.0. The highest BCUT2D eigenvalue weighted by atomic mass is 79.9. The fourth-order valence-corrected chi connectivity index (χ4v) is 1.64. The van der Waals surface area contributed by atoms with Crippen molar-refractivity contribution in [3.05, 3.63) is 35.1 Å². The molecule has 0 spiro atoms. The highest BCUT2D eigenvalue weighted by Gasteiger charge is 2.11. The van der Waals surface area contributed by atoms with Gasteiger partial charge in [-0.3, -0.25) is 0 Å². The zero-order valence-corrected chi connectivity index (χ0v) is 11.3. The number of hydrogen-bond acceptors (Lipinski definition) is 5. The van der Waals surface area contributed by atoms with E-state index in [1.807, 2.05) is 25.1 Å². The van der Waals surface area contributed by atoms with Crippen molar-refractivity contribution >= 4 is 21.7 Å². The van der Waals surface area contributed by atoms with Gasteiger partial charge in [0.05, 0.1) is 6.61 Å². The van der Waals surface area contributed by atoms with Crippen molar-refractivity contribution < 1.29 is 9.47 Å². The Balaban J connectivity index is 2.31. The molecule has 1 aromatic heterocycles. The van der Waals surface area contributed by atoms with Gasteiger partial charge in [0.15, 0.2) is 11.5 Å². The maximum atomic E-state index is 5.67. The van der Waals surface area contributed by atoms with Gasteiger partial charge in [0, 0.05) is 0 Å². The van der Waals surface area contributed by atoms with E-state index in [1.54, 1.807) is 6.07 Å². The number of nitrogens with zero attached hydrogens (tertiary/aromatic N) is 2. The molecule has 1 aromatic carbocycles. The van der Waals surface area contributed by atoms with Crippen LogP contribution in [0.1, 0.15) is 6.92 Å². The van der Waals surface area contributed by atoms with E-state index in [0.717, 1.165) is 0 Å². The Morgan fingerprint density at radius 3 is 2.67 bits per heavy atom. The van der Waals surface area contributed by atoms with Crippen molar-refractivity contribution in [1.82, 2.24) is 9.97 Å². The highest BCUT2D eigenvalue weighted by Crippen LogP contribution is 2.34. The van der Waals surface area contributed by atoms with Gasteiger partial charge in [-0.1, -0.05) is 12.1 Å². The maximum absolute atomic E-state index is 5.67. The van der Waals surface area contributed by atoms with Crippen molar-refractivity contribution in [3.63, 3.8) is 0 Å². The number of nitrogen functional groups attached to an aromatic ring is 1. The third kappa shape index (κ3) is 2.70. The molecular weight excluding hydrogens is 298 g/mol. The van der Waals surface area contributed by atoms with Crippen LogP contribution in [0, 0.1) is 0 Å². The van der Waals surface area contributed by atoms with Crippen LogP contribution in [-0.2, 0) is 0 Å². The molecule has 1 heterocycles. The Morgan fingerprint density at radius 1 is 1.22 bits per heavy atom. The molecule has 2 N–H and O–H groups in total. The van der Waals surface area contributed by atoms with E-state index in [-0.39, 0.29) is 0 Å². The van der Waals surface area contributed by atoms with E-state index in [0.29, 0.717) is 34.3 Å². The SMILES string of the molecule is CCOc1ccccc1Oc1ncnc(N)c1Br. The van der Waals surface area contributed by atoms with Crippen molar-refractivity contribution in [2.24, 2.45) is 0 Å². The Bertz CT molecular complexity index is 549. The van der Waals surface area contributed by atoms with E-state index < -0.39 is 0 Å². The Hall–Kier alpha value is -1.82. The number of aromatic nitrogens is 2. The average Bonchev–Trinajstić information content (AvgIpc) is 2.37. The topological polar surface area (TPSA) is 70.3 Å². The molecule has 0 radical (unpaired) electrons. The van der Waals surface area contributed by atoms with Crippen LogP contribution in [0.15, 0.2) is 35.1 Å². The molecule has 0 saturated heterocycles. The summed E-state index contributed by atoms with van der Waals surface area (Å²) in [4.78, 5) is 7.87. The number of para-hydroxylation sites is 2. The standard InChI is InChI=1S/C12H12BrN3O2/c1-2-17-8-5-3-4-6-9(8)18-12-10(13)11(14)15-7-16-12/h3-7H,2H2,1H3,(H2,14,15,16). The molecule has 5 nitrogen and oxygen atoms in total. The lowest BCUT2D eigenvalue weighted by Crippen LogP contribution is -1.99. The summed E-state index contributed by atoms with van der Waals surface area (Å²) in [5, 5.41) is 0. The van der Waals surface area contributed by atoms with E-state index in [4.69, 9.17) is 15.2 Å². The molecule has 94 valence electrons. The van der Waals surface area contributed by atoms with Gasteiger partial charge in [0.1, 0.15) is 16.6 Å². The predicted molar refractivity (Wildman–Crippen MR) is 71.8 cm³/mol. The number of benzene rings is 1. The fraction of sp³-hybridized carbons (Fsp3) is 0.167. The minimum absolute atomic E-state index is 0.328. The fourth-order valence-electron chi connectivity index (χ4n) is 1.35. The van der Waals surface area contributed by atoms with E-state index in [9.17, 15) is 0 Å². The lowest BCUT2D eigenvalue weighted by molar-refractivity contribution is 0.319. The van der Waals surface area contributed by atoms with Crippen LogP contribution in [-0.4, -0.2) is 16.6 Å². The first-order valence-electron chi connectivity index (χ1n) is 5.38. The molecule has 0 aliphatic heterocycles. The Kier molecular flexibility index (Phi) is 3.99. The average molecular weight is 310 g/mol. The summed E-state index contributed by atoms with van der Waals surface area (Å²) in [5.74, 6) is 1.92. The number of nitrogens with two attached hydrogens (primary N) is 1. The van der Waals surface area contributed by atoms with Crippen molar-refractivity contribution in [2.75, 3.05) is 12.3 Å². The van der Waals surface area contributed by atoms with Crippen molar-refractivity contribution in [3.8, 4) is 17.4 Å². The molecule has 6 heteroatoms. The maximum Gasteiger partial charge on any atom is 0.239 e. The zero-order valence-electron chi connectivity index (χ0n) is 9.76. The quantitative estimate of drug-likeness (QED) is 0.940. The van der Waals surface area contributed by atoms with E-state index in [2.05, 4.69) is 25.9 Å². The summed E-state index contributed by atoms with van der Waals surface area (Å²) in [6.45, 7) is 2.48. The molecule has 0 saturated carbocycles. The smallest absolute Gasteiger partial charge is 0.239 e. The molecule has 0 atom stereocenters. The monoisotopic (exact) mass is 309 g/mol. The van der Waals surface area contributed by atoms with Crippen LogP contribution in [0.25, 0.3) is 0 Å². The second kappa shape index (κ2) is 5.68. The second-order valence-electron chi connectivity index (χ2n) is 3.36. The molecule has 2 rings (SSSR count). The molecule has 18 heavy (non-hydrogen) atoms. The molecule has 0 aliphatic carbocycles. The van der Waals surface area contributed by atoms with E-state index in [1.165, 1.54) is 6.33 Å². The molecule has 0 unspecified atom stereocenters. The van der Waals surface area contributed by atoms with Gasteiger partial charge >= 0.3 is 0 Å². The van der Waals surface area contributed by atoms with Crippen LogP contribution in [0.2, 0.25) is 0 Å². The van der Waals surface area contributed by atoms with Crippen LogP contribution in [0.4, 0.5) is 5.82 Å². The summed E-state index contributed by atoms with van der Waals surface area (Å²) >= 11 is 3.29. The van der Waals surface area contributed by atoms with Crippen LogP contribution in [0.5, 0.6) is 17.4 Å². The van der Waals surface area contributed by atoms with E-state index >= 15 is 0 Å². The number of rotatable bonds is 4. The number of halogens is 1. The molecule has 0 fully saturated rings. The van der Waals surface area contributed by atoms with Crippen LogP contribution >= 0.6 is 15.9 Å². The summed E-state index contributed by atoms with van der Waals surface area (Å²) in [7, 11) is 0. The third-order valence-electron chi connectivity index (χ3n) is 2.14. The van der Waals surface area contributed by atoms with Crippen molar-refractivity contribution in [2.45, 2.75) is 6.92 Å². The summed E-state index contributed by atoms with van der Waals surface area (Å²) < 4.78 is 11.7. The van der Waals surface area contributed by atoms with Gasteiger partial charge in [0.2, 0.25) is 5.88 Å². The Labute approximate surface area is 113 Å². The summed E-state index contributed by atoms with van der Waals surface area (Å²) in [6.07, 6.45) is 1.35. The second-order valence-corrected chi connectivity index (χ2v) is 4.15. The normalized spacial score (nSPS) is 10.1. The Morgan fingerprint density at radius 2 is 1.94 bits per heavy atom. The predicted octanol–water partition coefficient (Wildman–Crippen LogP) is 3.01. The molecule has 2 aromatic rings. The van der Waals surface area contributed by atoms with Crippen LogP contribution < -0.4 is 15.2 Å². The molecular formula is C12H12BrN3O2. The van der Waals surface area contributed by atoms with Gasteiger partial charge in [-0.15, -0.1) is 0 Å². The van der Waals surface area contributed by atoms with Gasteiger partial charge < -0.3 is 15.2 Å². The number of anilines is 1. The minimum atomic E-state index is 0.328.